The molecule has 0 fully saturated rings. The number of amidine groups is 1. The molecule has 5 nitrogen and oxygen atoms in total. The molecule has 1 atom stereocenters. The lowest BCUT2D eigenvalue weighted by atomic mass is 9.85. The molecule has 8 heteroatoms. The molecule has 0 heterocycles. The second kappa shape index (κ2) is 6.17. The quantitative estimate of drug-likeness (QED) is 0.338. The third-order valence-corrected chi connectivity index (χ3v) is 3.75. The van der Waals surface area contributed by atoms with Gasteiger partial charge in [0.25, 0.3) is 0 Å². The number of oxime groups is 1. The molecule has 110 valence electrons. The first kappa shape index (κ1) is 16.4. The average Bonchev–Trinajstić information content (AvgIpc) is 2.40. The summed E-state index contributed by atoms with van der Waals surface area (Å²) in [5.74, 6) is -2.66. The third kappa shape index (κ3) is 3.06. The van der Waals surface area contributed by atoms with E-state index >= 15 is 0 Å². The van der Waals surface area contributed by atoms with E-state index in [4.69, 9.17) is 10.9 Å². The van der Waals surface area contributed by atoms with Gasteiger partial charge in [-0.2, -0.15) is 0 Å². The van der Waals surface area contributed by atoms with Crippen LogP contribution in [-0.2, 0) is 4.79 Å². The van der Waals surface area contributed by atoms with Gasteiger partial charge in [-0.1, -0.05) is 12.1 Å². The lowest BCUT2D eigenvalue weighted by molar-refractivity contribution is -0.121. The molecule has 1 aromatic rings. The van der Waals surface area contributed by atoms with Gasteiger partial charge in [0.05, 0.1) is 5.69 Å². The molecular weight excluding hydrogens is 336 g/mol. The Bertz CT molecular complexity index is 543. The molecule has 20 heavy (non-hydrogen) atoms. The highest BCUT2D eigenvalue weighted by atomic mass is 79.9. The van der Waals surface area contributed by atoms with E-state index in [1.165, 1.54) is 6.92 Å². The van der Waals surface area contributed by atoms with Crippen LogP contribution in [0.5, 0.6) is 0 Å². The van der Waals surface area contributed by atoms with Crippen LogP contribution >= 0.6 is 15.9 Å². The number of carbonyl (C=O) groups excluding carboxylic acids is 1. The molecule has 0 aliphatic rings. The zero-order valence-corrected chi connectivity index (χ0v) is 12.5. The van der Waals surface area contributed by atoms with Crippen molar-refractivity contribution in [1.82, 2.24) is 0 Å². The van der Waals surface area contributed by atoms with Crippen molar-refractivity contribution in [2.75, 3.05) is 5.32 Å². The molecule has 1 unspecified atom stereocenters. The average molecular weight is 350 g/mol. The van der Waals surface area contributed by atoms with Crippen molar-refractivity contribution in [1.29, 1.82) is 0 Å². The number of nitrogens with zero attached hydrogens (tertiary/aromatic N) is 1. The first-order valence-corrected chi connectivity index (χ1v) is 6.49. The molecule has 0 aromatic heterocycles. The van der Waals surface area contributed by atoms with Crippen molar-refractivity contribution in [2.24, 2.45) is 16.3 Å². The summed E-state index contributed by atoms with van der Waals surface area (Å²) in [4.78, 5) is 12.2. The molecule has 0 saturated heterocycles. The van der Waals surface area contributed by atoms with Crippen LogP contribution in [-0.4, -0.2) is 17.0 Å². The van der Waals surface area contributed by atoms with Crippen molar-refractivity contribution in [3.8, 4) is 0 Å². The summed E-state index contributed by atoms with van der Waals surface area (Å²) in [6.45, 7) is 3.11. The predicted molar refractivity (Wildman–Crippen MR) is 74.5 cm³/mol. The number of anilines is 1. The zero-order valence-electron chi connectivity index (χ0n) is 10.9. The van der Waals surface area contributed by atoms with Gasteiger partial charge in [0.1, 0.15) is 11.2 Å². The maximum atomic E-state index is 13.7. The number of nitrogens with one attached hydrogen (secondary N) is 1. The third-order valence-electron chi connectivity index (χ3n) is 3.13. The lowest BCUT2D eigenvalue weighted by Gasteiger charge is -2.25. The fourth-order valence-electron chi connectivity index (χ4n) is 1.48. The molecule has 1 rings (SSSR count). The molecule has 1 aromatic carbocycles. The highest BCUT2D eigenvalue weighted by Crippen LogP contribution is 2.30. The second-order valence-corrected chi connectivity index (χ2v) is 5.22. The van der Waals surface area contributed by atoms with E-state index in [0.29, 0.717) is 6.07 Å². The van der Waals surface area contributed by atoms with Gasteiger partial charge in [-0.05, 0) is 35.3 Å². The van der Waals surface area contributed by atoms with Gasteiger partial charge < -0.3 is 16.3 Å². The SMILES string of the molecule is CCC(C)(C(=O)Nc1c(F)cc(F)cc1Br)C(N)=NO. The minimum atomic E-state index is -1.31. The van der Waals surface area contributed by atoms with Gasteiger partial charge in [0.15, 0.2) is 11.7 Å². The van der Waals surface area contributed by atoms with Crippen molar-refractivity contribution < 1.29 is 18.8 Å². The first-order valence-electron chi connectivity index (χ1n) is 5.70. The molecule has 0 radical (unpaired) electrons. The number of hydrogen-bond donors (Lipinski definition) is 3. The van der Waals surface area contributed by atoms with Crippen LogP contribution < -0.4 is 11.1 Å². The van der Waals surface area contributed by atoms with Crippen LogP contribution in [0, 0.1) is 17.0 Å². The molecule has 0 aliphatic heterocycles. The molecule has 1 amide bonds. The second-order valence-electron chi connectivity index (χ2n) is 4.37. The smallest absolute Gasteiger partial charge is 0.238 e. The van der Waals surface area contributed by atoms with Crippen LogP contribution in [0.4, 0.5) is 14.5 Å². The molecule has 0 aliphatic carbocycles. The van der Waals surface area contributed by atoms with E-state index in [2.05, 4.69) is 26.4 Å². The van der Waals surface area contributed by atoms with E-state index in [1.54, 1.807) is 6.92 Å². The summed E-state index contributed by atoms with van der Waals surface area (Å²) in [7, 11) is 0. The van der Waals surface area contributed by atoms with E-state index in [-0.39, 0.29) is 22.4 Å². The Morgan fingerprint density at radius 3 is 2.60 bits per heavy atom. The number of rotatable bonds is 4. The number of halogens is 3. The molecule has 0 saturated carbocycles. The van der Waals surface area contributed by atoms with Crippen LogP contribution in [0.15, 0.2) is 21.8 Å². The molecule has 0 spiro atoms. The molecular formula is C12H14BrF2N3O2. The molecule has 4 N–H and O–H groups in total. The number of amides is 1. The van der Waals surface area contributed by atoms with Gasteiger partial charge in [-0.15, -0.1) is 0 Å². The fourth-order valence-corrected chi connectivity index (χ4v) is 1.99. The van der Waals surface area contributed by atoms with Gasteiger partial charge >= 0.3 is 0 Å². The lowest BCUT2D eigenvalue weighted by Crippen LogP contribution is -2.44. The largest absolute Gasteiger partial charge is 0.409 e. The van der Waals surface area contributed by atoms with Crippen LogP contribution in [0.3, 0.4) is 0 Å². The van der Waals surface area contributed by atoms with E-state index < -0.39 is 23.0 Å². The summed E-state index contributed by atoms with van der Waals surface area (Å²) in [5.41, 5.74) is 3.97. The summed E-state index contributed by atoms with van der Waals surface area (Å²) >= 11 is 2.96. The van der Waals surface area contributed by atoms with E-state index in [0.717, 1.165) is 6.07 Å². The number of carbonyl (C=O) groups is 1. The number of hydrogen-bond acceptors (Lipinski definition) is 3. The molecule has 0 bridgehead atoms. The summed E-state index contributed by atoms with van der Waals surface area (Å²) in [6.07, 6.45) is 0.231. The summed E-state index contributed by atoms with van der Waals surface area (Å²) in [6, 6.07) is 1.67. The number of benzene rings is 1. The monoisotopic (exact) mass is 349 g/mol. The normalized spacial score (nSPS) is 14.8. The van der Waals surface area contributed by atoms with Crippen LogP contribution in [0.25, 0.3) is 0 Å². The Hall–Kier alpha value is -1.70. The van der Waals surface area contributed by atoms with E-state index in [9.17, 15) is 13.6 Å². The predicted octanol–water partition coefficient (Wildman–Crippen LogP) is 2.83. The Balaban J connectivity index is 3.13. The Labute approximate surface area is 123 Å². The first-order chi connectivity index (χ1) is 9.26. The Morgan fingerprint density at radius 2 is 2.15 bits per heavy atom. The Kier molecular flexibility index (Phi) is 5.04. The van der Waals surface area contributed by atoms with Crippen LogP contribution in [0.2, 0.25) is 0 Å². The van der Waals surface area contributed by atoms with E-state index in [1.807, 2.05) is 0 Å². The number of nitrogens with two attached hydrogens (primary N) is 1. The highest BCUT2D eigenvalue weighted by Gasteiger charge is 2.37. The summed E-state index contributed by atoms with van der Waals surface area (Å²) in [5, 5.41) is 13.8. The van der Waals surface area contributed by atoms with Crippen molar-refractivity contribution >= 4 is 33.4 Å². The standard InChI is InChI=1S/C12H14BrF2N3O2/c1-3-12(2,10(16)18-20)11(19)17-9-7(13)4-6(14)5-8(9)15/h4-5,20H,3H2,1-2H3,(H2,16,18)(H,17,19). The van der Waals surface area contributed by atoms with Crippen molar-refractivity contribution in [2.45, 2.75) is 20.3 Å². The maximum absolute atomic E-state index is 13.7. The maximum Gasteiger partial charge on any atom is 0.238 e. The minimum Gasteiger partial charge on any atom is -0.409 e. The van der Waals surface area contributed by atoms with Crippen LogP contribution in [0.1, 0.15) is 20.3 Å². The van der Waals surface area contributed by atoms with Crippen molar-refractivity contribution in [3.05, 3.63) is 28.2 Å². The van der Waals surface area contributed by atoms with Gasteiger partial charge in [0.2, 0.25) is 5.91 Å². The van der Waals surface area contributed by atoms with Gasteiger partial charge in [0, 0.05) is 10.5 Å². The minimum absolute atomic E-state index is 0.0568. The van der Waals surface area contributed by atoms with Crippen molar-refractivity contribution in [3.63, 3.8) is 0 Å². The Morgan fingerprint density at radius 1 is 1.55 bits per heavy atom. The highest BCUT2D eigenvalue weighted by molar-refractivity contribution is 9.10. The summed E-state index contributed by atoms with van der Waals surface area (Å²) < 4.78 is 26.7. The van der Waals surface area contributed by atoms with Gasteiger partial charge in [-0.25, -0.2) is 8.78 Å². The van der Waals surface area contributed by atoms with Gasteiger partial charge in [-0.3, -0.25) is 4.79 Å². The zero-order chi connectivity index (χ0) is 15.5. The fraction of sp³-hybridized carbons (Fsp3) is 0.333. The topological polar surface area (TPSA) is 87.7 Å².